The molecule has 2 rings (SSSR count). The van der Waals surface area contributed by atoms with Crippen LogP contribution in [0.1, 0.15) is 5.01 Å². The largest absolute Gasteiger partial charge is 0.383 e. The summed E-state index contributed by atoms with van der Waals surface area (Å²) < 4.78 is 6.02. The van der Waals surface area contributed by atoms with Gasteiger partial charge in [-0.25, -0.2) is 4.98 Å². The lowest BCUT2D eigenvalue weighted by atomic mass is 10.3. The van der Waals surface area contributed by atoms with Gasteiger partial charge in [-0.1, -0.05) is 17.7 Å². The molecule has 1 N–H and O–H groups in total. The average molecular weight is 257 g/mol. The van der Waals surface area contributed by atoms with E-state index in [1.165, 1.54) is 0 Å². The summed E-state index contributed by atoms with van der Waals surface area (Å²) in [6.45, 7) is 2.31. The minimum Gasteiger partial charge on any atom is -0.383 e. The van der Waals surface area contributed by atoms with Crippen molar-refractivity contribution in [1.29, 1.82) is 0 Å². The fraction of sp³-hybridized carbons (Fsp3) is 0.364. The van der Waals surface area contributed by atoms with Crippen LogP contribution in [0.2, 0.25) is 5.02 Å². The molecule has 0 saturated carbocycles. The normalized spacial score (nSPS) is 11.1. The van der Waals surface area contributed by atoms with Gasteiger partial charge in [-0.2, -0.15) is 0 Å². The van der Waals surface area contributed by atoms with Crippen LogP contribution < -0.4 is 5.32 Å². The highest BCUT2D eigenvalue weighted by atomic mass is 35.5. The molecule has 0 spiro atoms. The number of ether oxygens (including phenoxy) is 1. The Morgan fingerprint density at radius 3 is 3.12 bits per heavy atom. The summed E-state index contributed by atoms with van der Waals surface area (Å²) in [6, 6.07) is 5.80. The Hall–Kier alpha value is -0.680. The molecule has 2 aromatic rings. The van der Waals surface area contributed by atoms with Crippen LogP contribution >= 0.6 is 22.9 Å². The molecule has 0 radical (unpaired) electrons. The van der Waals surface area contributed by atoms with Crippen molar-refractivity contribution in [3.8, 4) is 0 Å². The van der Waals surface area contributed by atoms with E-state index in [2.05, 4.69) is 10.3 Å². The molecule has 0 aliphatic heterocycles. The molecule has 0 unspecified atom stereocenters. The number of benzene rings is 1. The van der Waals surface area contributed by atoms with Crippen LogP contribution in [0.5, 0.6) is 0 Å². The molecular formula is C11H13ClN2OS. The maximum atomic E-state index is 6.08. The predicted octanol–water partition coefficient (Wildman–Crippen LogP) is 2.69. The Kier molecular flexibility index (Phi) is 4.12. The SMILES string of the molecule is COCCNCc1nc2cccc(Cl)c2s1. The first kappa shape index (κ1) is 11.8. The van der Waals surface area contributed by atoms with Gasteiger partial charge in [0.05, 0.1) is 21.8 Å². The summed E-state index contributed by atoms with van der Waals surface area (Å²) in [5, 5.41) is 5.09. The number of hydrogen-bond donors (Lipinski definition) is 1. The smallest absolute Gasteiger partial charge is 0.108 e. The minimum absolute atomic E-state index is 0.714. The quantitative estimate of drug-likeness (QED) is 0.836. The van der Waals surface area contributed by atoms with Crippen LogP contribution in [-0.2, 0) is 11.3 Å². The number of nitrogens with one attached hydrogen (secondary N) is 1. The number of aromatic nitrogens is 1. The molecule has 0 aliphatic carbocycles. The molecular weight excluding hydrogens is 244 g/mol. The van der Waals surface area contributed by atoms with Gasteiger partial charge in [-0.05, 0) is 12.1 Å². The standard InChI is InChI=1S/C11H13ClN2OS/c1-15-6-5-13-7-10-14-9-4-2-3-8(12)11(9)16-10/h2-4,13H,5-7H2,1H3. The van der Waals surface area contributed by atoms with Crippen LogP contribution in [0.3, 0.4) is 0 Å². The van der Waals surface area contributed by atoms with E-state index in [4.69, 9.17) is 16.3 Å². The summed E-state index contributed by atoms with van der Waals surface area (Å²) in [4.78, 5) is 4.50. The number of nitrogens with zero attached hydrogens (tertiary/aromatic N) is 1. The van der Waals surface area contributed by atoms with Crippen LogP contribution in [0.25, 0.3) is 10.2 Å². The van der Waals surface area contributed by atoms with E-state index < -0.39 is 0 Å². The van der Waals surface area contributed by atoms with Crippen LogP contribution in [0.15, 0.2) is 18.2 Å². The number of halogens is 1. The molecule has 0 saturated heterocycles. The minimum atomic E-state index is 0.714. The number of hydrogen-bond acceptors (Lipinski definition) is 4. The second-order valence-corrected chi connectivity index (χ2v) is 4.86. The molecule has 3 nitrogen and oxygen atoms in total. The summed E-state index contributed by atoms with van der Waals surface area (Å²) >= 11 is 7.72. The first-order chi connectivity index (χ1) is 7.81. The van der Waals surface area contributed by atoms with Crippen molar-refractivity contribution in [2.24, 2.45) is 0 Å². The van der Waals surface area contributed by atoms with Crippen molar-refractivity contribution in [3.05, 3.63) is 28.2 Å². The van der Waals surface area contributed by atoms with Gasteiger partial charge in [0.1, 0.15) is 5.01 Å². The first-order valence-corrected chi connectivity index (χ1v) is 6.24. The summed E-state index contributed by atoms with van der Waals surface area (Å²) in [6.07, 6.45) is 0. The van der Waals surface area contributed by atoms with E-state index in [-0.39, 0.29) is 0 Å². The zero-order valence-electron chi connectivity index (χ0n) is 9.00. The molecule has 0 amide bonds. The second kappa shape index (κ2) is 5.59. The molecule has 0 atom stereocenters. The zero-order chi connectivity index (χ0) is 11.4. The average Bonchev–Trinajstić information content (AvgIpc) is 2.69. The van der Waals surface area contributed by atoms with E-state index in [0.29, 0.717) is 6.61 Å². The molecule has 0 aliphatic rings. The third-order valence-electron chi connectivity index (χ3n) is 2.17. The van der Waals surface area contributed by atoms with Gasteiger partial charge in [-0.3, -0.25) is 0 Å². The van der Waals surface area contributed by atoms with Crippen LogP contribution in [-0.4, -0.2) is 25.2 Å². The fourth-order valence-corrected chi connectivity index (χ4v) is 2.63. The molecule has 5 heteroatoms. The highest BCUT2D eigenvalue weighted by molar-refractivity contribution is 7.19. The van der Waals surface area contributed by atoms with E-state index in [1.54, 1.807) is 18.4 Å². The van der Waals surface area contributed by atoms with Gasteiger partial charge in [0.25, 0.3) is 0 Å². The van der Waals surface area contributed by atoms with Gasteiger partial charge in [0.15, 0.2) is 0 Å². The maximum Gasteiger partial charge on any atom is 0.108 e. The van der Waals surface area contributed by atoms with Gasteiger partial charge < -0.3 is 10.1 Å². The third-order valence-corrected chi connectivity index (χ3v) is 3.70. The zero-order valence-corrected chi connectivity index (χ0v) is 10.6. The lowest BCUT2D eigenvalue weighted by Crippen LogP contribution is -2.18. The molecule has 86 valence electrons. The van der Waals surface area contributed by atoms with Crippen molar-refractivity contribution < 1.29 is 4.74 Å². The Bertz CT molecular complexity index is 472. The van der Waals surface area contributed by atoms with E-state index >= 15 is 0 Å². The van der Waals surface area contributed by atoms with Gasteiger partial charge in [0.2, 0.25) is 0 Å². The highest BCUT2D eigenvalue weighted by Gasteiger charge is 2.05. The Balaban J connectivity index is 2.05. The number of fused-ring (bicyclic) bond motifs is 1. The Morgan fingerprint density at radius 2 is 2.38 bits per heavy atom. The molecule has 1 heterocycles. The van der Waals surface area contributed by atoms with E-state index in [0.717, 1.165) is 33.3 Å². The lowest BCUT2D eigenvalue weighted by molar-refractivity contribution is 0.199. The Morgan fingerprint density at radius 1 is 1.50 bits per heavy atom. The van der Waals surface area contributed by atoms with Crippen molar-refractivity contribution in [2.45, 2.75) is 6.54 Å². The number of methoxy groups -OCH3 is 1. The maximum absolute atomic E-state index is 6.08. The van der Waals surface area contributed by atoms with Crippen LogP contribution in [0, 0.1) is 0 Å². The van der Waals surface area contributed by atoms with Crippen molar-refractivity contribution in [2.75, 3.05) is 20.3 Å². The van der Waals surface area contributed by atoms with Crippen molar-refractivity contribution in [3.63, 3.8) is 0 Å². The summed E-state index contributed by atoms with van der Waals surface area (Å²) in [5.41, 5.74) is 0.973. The Labute approximate surface area is 103 Å². The number of thiazole rings is 1. The van der Waals surface area contributed by atoms with E-state index in [1.807, 2.05) is 18.2 Å². The highest BCUT2D eigenvalue weighted by Crippen LogP contribution is 2.28. The number of rotatable bonds is 5. The summed E-state index contributed by atoms with van der Waals surface area (Å²) in [5.74, 6) is 0. The van der Waals surface area contributed by atoms with Gasteiger partial charge in [-0.15, -0.1) is 11.3 Å². The fourth-order valence-electron chi connectivity index (χ4n) is 1.41. The van der Waals surface area contributed by atoms with Gasteiger partial charge >= 0.3 is 0 Å². The first-order valence-electron chi connectivity index (χ1n) is 5.05. The van der Waals surface area contributed by atoms with Gasteiger partial charge in [0, 0.05) is 20.2 Å². The third kappa shape index (κ3) is 2.71. The topological polar surface area (TPSA) is 34.1 Å². The lowest BCUT2D eigenvalue weighted by Gasteiger charge is -1.99. The molecule has 1 aromatic heterocycles. The molecule has 0 fully saturated rings. The summed E-state index contributed by atoms with van der Waals surface area (Å²) in [7, 11) is 1.69. The molecule has 0 bridgehead atoms. The second-order valence-electron chi connectivity index (χ2n) is 3.37. The van der Waals surface area contributed by atoms with Crippen LogP contribution in [0.4, 0.5) is 0 Å². The monoisotopic (exact) mass is 256 g/mol. The van der Waals surface area contributed by atoms with E-state index in [9.17, 15) is 0 Å². The van der Waals surface area contributed by atoms with Crippen molar-refractivity contribution >= 4 is 33.2 Å². The molecule has 16 heavy (non-hydrogen) atoms. The predicted molar refractivity (Wildman–Crippen MR) is 68.2 cm³/mol. The molecule has 1 aromatic carbocycles. The van der Waals surface area contributed by atoms with Crippen molar-refractivity contribution in [1.82, 2.24) is 10.3 Å².